The van der Waals surface area contributed by atoms with Crippen LogP contribution in [0.4, 0.5) is 0 Å². The standard InChI is InChI=1S/C4H8N4O8S/c1-5(17(2,15)16)3-4(6(9)10,7(11)12)8(13)14/h3H2,1-2H3. The fourth-order valence-corrected chi connectivity index (χ4v) is 1.20. The summed E-state index contributed by atoms with van der Waals surface area (Å²) in [5.41, 5.74) is 0. The average Bonchev–Trinajstić information content (AvgIpc) is 2.09. The monoisotopic (exact) mass is 272 g/mol. The molecule has 0 N–H and O–H groups in total. The van der Waals surface area contributed by atoms with Crippen LogP contribution in [-0.4, -0.2) is 53.1 Å². The van der Waals surface area contributed by atoms with E-state index in [1.54, 1.807) is 0 Å². The zero-order chi connectivity index (χ0) is 14.0. The molecule has 12 nitrogen and oxygen atoms in total. The normalized spacial score (nSPS) is 12.4. The molecule has 13 heteroatoms. The predicted molar refractivity (Wildman–Crippen MR) is 51.2 cm³/mol. The van der Waals surface area contributed by atoms with Crippen molar-refractivity contribution in [2.24, 2.45) is 0 Å². The first-order valence-electron chi connectivity index (χ1n) is 3.81. The minimum Gasteiger partial charge on any atom is -0.253 e. The van der Waals surface area contributed by atoms with Crippen molar-refractivity contribution in [3.8, 4) is 0 Å². The van der Waals surface area contributed by atoms with Crippen LogP contribution in [0, 0.1) is 30.3 Å². The van der Waals surface area contributed by atoms with Crippen molar-refractivity contribution in [2.45, 2.75) is 5.79 Å². The maximum atomic E-state index is 10.9. The summed E-state index contributed by atoms with van der Waals surface area (Å²) in [4.78, 5) is 26.2. The zero-order valence-electron chi connectivity index (χ0n) is 8.67. The molecule has 0 aliphatic carbocycles. The highest BCUT2D eigenvalue weighted by Gasteiger charge is 2.71. The van der Waals surface area contributed by atoms with E-state index in [0.717, 1.165) is 7.05 Å². The molecule has 0 unspecified atom stereocenters. The number of hydrogen-bond acceptors (Lipinski definition) is 8. The van der Waals surface area contributed by atoms with Gasteiger partial charge in [-0.15, -0.1) is 0 Å². The van der Waals surface area contributed by atoms with Gasteiger partial charge in [-0.25, -0.2) is 8.42 Å². The lowest BCUT2D eigenvalue weighted by molar-refractivity contribution is -0.967. The van der Waals surface area contributed by atoms with Gasteiger partial charge in [0.15, 0.2) is 14.8 Å². The fourth-order valence-electron chi connectivity index (χ4n) is 0.789. The summed E-state index contributed by atoms with van der Waals surface area (Å²) >= 11 is 0. The molecule has 0 aliphatic heterocycles. The molecule has 0 spiro atoms. The van der Waals surface area contributed by atoms with E-state index in [9.17, 15) is 38.8 Å². The highest BCUT2D eigenvalue weighted by atomic mass is 32.2. The third-order valence-corrected chi connectivity index (χ3v) is 3.14. The first-order valence-corrected chi connectivity index (χ1v) is 5.66. The minimum absolute atomic E-state index is 0.168. The third-order valence-electron chi connectivity index (χ3n) is 1.88. The van der Waals surface area contributed by atoms with Crippen LogP contribution in [0.25, 0.3) is 0 Å². The Morgan fingerprint density at radius 2 is 1.35 bits per heavy atom. The quantitative estimate of drug-likeness (QED) is 0.315. The van der Waals surface area contributed by atoms with Crippen molar-refractivity contribution in [3.63, 3.8) is 0 Å². The Morgan fingerprint density at radius 3 is 1.53 bits per heavy atom. The highest BCUT2D eigenvalue weighted by molar-refractivity contribution is 7.88. The largest absolute Gasteiger partial charge is 0.713 e. The maximum Gasteiger partial charge on any atom is 0.713 e. The van der Waals surface area contributed by atoms with Crippen molar-refractivity contribution in [3.05, 3.63) is 30.3 Å². The summed E-state index contributed by atoms with van der Waals surface area (Å²) in [5, 5.41) is 31.4. The SMILES string of the molecule is CN(CC([N+](=O)[O-])([N+](=O)[O-])[N+](=O)[O-])S(C)(=O)=O. The van der Waals surface area contributed by atoms with E-state index < -0.39 is 37.1 Å². The summed E-state index contributed by atoms with van der Waals surface area (Å²) in [7, 11) is -3.25. The van der Waals surface area contributed by atoms with Gasteiger partial charge in [0.1, 0.15) is 0 Å². The zero-order valence-corrected chi connectivity index (χ0v) is 9.49. The summed E-state index contributed by atoms with van der Waals surface area (Å²) < 4.78 is 22.0. The Labute approximate surface area is 94.3 Å². The van der Waals surface area contributed by atoms with Gasteiger partial charge in [0, 0.05) is 7.05 Å². The van der Waals surface area contributed by atoms with Crippen LogP contribution in [0.2, 0.25) is 0 Å². The Bertz CT molecular complexity index is 420. The first kappa shape index (κ1) is 15.1. The molecule has 0 saturated heterocycles. The van der Waals surface area contributed by atoms with Crippen LogP contribution in [0.3, 0.4) is 0 Å². The Balaban J connectivity index is 5.59. The van der Waals surface area contributed by atoms with Gasteiger partial charge >= 0.3 is 5.79 Å². The lowest BCUT2D eigenvalue weighted by atomic mass is 10.4. The molecule has 0 aromatic heterocycles. The molecule has 0 aromatic carbocycles. The number of likely N-dealkylation sites (N-methyl/N-ethyl adjacent to an activating group) is 1. The van der Waals surface area contributed by atoms with Crippen LogP contribution >= 0.6 is 0 Å². The summed E-state index contributed by atoms with van der Waals surface area (Å²) in [6, 6.07) is 0. The first-order chi connectivity index (χ1) is 7.46. The fraction of sp³-hybridized carbons (Fsp3) is 1.00. The van der Waals surface area contributed by atoms with Gasteiger partial charge in [0.2, 0.25) is 16.6 Å². The molecule has 17 heavy (non-hydrogen) atoms. The second kappa shape index (κ2) is 4.54. The molecule has 0 saturated carbocycles. The van der Waals surface area contributed by atoms with E-state index >= 15 is 0 Å². The average molecular weight is 272 g/mol. The lowest BCUT2D eigenvalue weighted by Crippen LogP contribution is -2.60. The third kappa shape index (κ3) is 2.82. The molecule has 0 rings (SSSR count). The second-order valence-electron chi connectivity index (χ2n) is 3.06. The van der Waals surface area contributed by atoms with Gasteiger partial charge in [-0.3, -0.25) is 30.3 Å². The number of sulfonamides is 1. The maximum absolute atomic E-state index is 10.9. The molecule has 0 heterocycles. The molecular formula is C4H8N4O8S. The van der Waals surface area contributed by atoms with Crippen molar-refractivity contribution < 1.29 is 23.2 Å². The molecule has 0 radical (unpaired) electrons. The van der Waals surface area contributed by atoms with Crippen LogP contribution in [-0.2, 0) is 10.0 Å². The van der Waals surface area contributed by atoms with E-state index in [0.29, 0.717) is 6.26 Å². The number of nitro groups is 3. The van der Waals surface area contributed by atoms with Gasteiger partial charge in [-0.1, -0.05) is 0 Å². The van der Waals surface area contributed by atoms with Gasteiger partial charge in [0.05, 0.1) is 6.26 Å². The molecule has 0 aliphatic rings. The predicted octanol–water partition coefficient (Wildman–Crippen LogP) is -1.64. The van der Waals surface area contributed by atoms with E-state index in [2.05, 4.69) is 0 Å². The molecular weight excluding hydrogens is 264 g/mol. The highest BCUT2D eigenvalue weighted by Crippen LogP contribution is 2.15. The van der Waals surface area contributed by atoms with Crippen molar-refractivity contribution in [1.82, 2.24) is 4.31 Å². The van der Waals surface area contributed by atoms with Crippen LogP contribution in [0.1, 0.15) is 0 Å². The van der Waals surface area contributed by atoms with E-state index in [-0.39, 0.29) is 4.31 Å². The minimum atomic E-state index is -4.02. The van der Waals surface area contributed by atoms with Crippen LogP contribution < -0.4 is 0 Å². The van der Waals surface area contributed by atoms with Gasteiger partial charge in [-0.05, 0) is 0 Å². The van der Waals surface area contributed by atoms with Crippen molar-refractivity contribution in [2.75, 3.05) is 19.8 Å². The number of rotatable bonds is 6. The molecule has 0 bridgehead atoms. The van der Waals surface area contributed by atoms with Gasteiger partial charge in [0.25, 0.3) is 0 Å². The Kier molecular flexibility index (Phi) is 4.04. The topological polar surface area (TPSA) is 167 Å². The summed E-state index contributed by atoms with van der Waals surface area (Å²) in [6.45, 7) is -1.50. The Morgan fingerprint density at radius 1 is 1.06 bits per heavy atom. The molecule has 0 aromatic rings. The number of hydrogen-bond donors (Lipinski definition) is 0. The molecule has 98 valence electrons. The molecule has 0 fully saturated rings. The van der Waals surface area contributed by atoms with E-state index in [1.165, 1.54) is 0 Å². The van der Waals surface area contributed by atoms with Gasteiger partial charge < -0.3 is 0 Å². The van der Waals surface area contributed by atoms with Crippen LogP contribution in [0.15, 0.2) is 0 Å². The summed E-state index contributed by atoms with van der Waals surface area (Å²) in [6.07, 6.45) is 0.609. The lowest BCUT2D eigenvalue weighted by Gasteiger charge is -2.15. The van der Waals surface area contributed by atoms with E-state index in [4.69, 9.17) is 0 Å². The van der Waals surface area contributed by atoms with E-state index in [1.807, 2.05) is 0 Å². The molecule has 0 amide bonds. The van der Waals surface area contributed by atoms with Crippen molar-refractivity contribution in [1.29, 1.82) is 0 Å². The van der Waals surface area contributed by atoms with Crippen LogP contribution in [0.5, 0.6) is 0 Å². The molecule has 0 atom stereocenters. The Hall–Kier alpha value is -1.89. The van der Waals surface area contributed by atoms with Crippen molar-refractivity contribution >= 4 is 10.0 Å². The summed E-state index contributed by atoms with van der Waals surface area (Å²) in [5.74, 6) is -3.81. The number of nitrogens with zero attached hydrogens (tertiary/aromatic N) is 4. The second-order valence-corrected chi connectivity index (χ2v) is 5.15. The van der Waals surface area contributed by atoms with Gasteiger partial charge in [-0.2, -0.15) is 4.31 Å². The smallest absolute Gasteiger partial charge is 0.253 e.